The number of fused-ring (bicyclic) bond motifs is 3. The number of hydrogen-bond donors (Lipinski definition) is 4. The number of hydrogen-bond acceptors (Lipinski definition) is 4. The smallest absolute Gasteiger partial charge is 0.0774 e. The molecule has 0 heterocycles. The van der Waals surface area contributed by atoms with Crippen LogP contribution in [0.1, 0.15) is 46.0 Å². The van der Waals surface area contributed by atoms with Gasteiger partial charge in [0.15, 0.2) is 0 Å². The zero-order valence-corrected chi connectivity index (χ0v) is 13.7. The van der Waals surface area contributed by atoms with Crippen molar-refractivity contribution in [2.75, 3.05) is 13.2 Å². The normalized spacial score (nSPS) is 51.7. The summed E-state index contributed by atoms with van der Waals surface area (Å²) in [5.74, 6) is 0.626. The van der Waals surface area contributed by atoms with Gasteiger partial charge >= 0.3 is 0 Å². The minimum Gasteiger partial charge on any atom is -0.396 e. The highest BCUT2D eigenvalue weighted by atomic mass is 16.3. The standard InChI is InChI=1S/C18H30O4/c1-17-6-5-16(22)18(2,10-20)15(17)4-3-11-7-12(9-19)14(21)8-13(11)17/h8,11-12,14-16,19-22H,3-7,9-10H2,1-2H3/t11-,12-,14-,15+,16+,17+,18-/m0/s1. The molecule has 0 aromatic heterocycles. The first-order valence-corrected chi connectivity index (χ1v) is 8.67. The minimum absolute atomic E-state index is 0.00812. The minimum atomic E-state index is -0.570. The van der Waals surface area contributed by atoms with E-state index in [1.54, 1.807) is 0 Å². The number of allylic oxidation sites excluding steroid dienone is 1. The van der Waals surface area contributed by atoms with Crippen molar-refractivity contribution in [3.05, 3.63) is 11.6 Å². The molecule has 0 amide bonds. The van der Waals surface area contributed by atoms with Crippen LogP contribution in [0.4, 0.5) is 0 Å². The van der Waals surface area contributed by atoms with Crippen LogP contribution in [0.25, 0.3) is 0 Å². The van der Waals surface area contributed by atoms with Gasteiger partial charge in [0.05, 0.1) is 18.8 Å². The van der Waals surface area contributed by atoms with Crippen molar-refractivity contribution in [3.8, 4) is 0 Å². The van der Waals surface area contributed by atoms with Crippen molar-refractivity contribution in [2.24, 2.45) is 28.6 Å². The van der Waals surface area contributed by atoms with Gasteiger partial charge < -0.3 is 20.4 Å². The molecule has 2 fully saturated rings. The molecule has 126 valence electrons. The lowest BCUT2D eigenvalue weighted by Crippen LogP contribution is -2.57. The first-order chi connectivity index (χ1) is 10.4. The lowest BCUT2D eigenvalue weighted by atomic mass is 9.46. The van der Waals surface area contributed by atoms with E-state index in [4.69, 9.17) is 0 Å². The lowest BCUT2D eigenvalue weighted by molar-refractivity contribution is -0.133. The fourth-order valence-electron chi connectivity index (χ4n) is 5.68. The molecule has 0 aromatic rings. The Labute approximate surface area is 132 Å². The summed E-state index contributed by atoms with van der Waals surface area (Å²) < 4.78 is 0. The Kier molecular flexibility index (Phi) is 4.17. The van der Waals surface area contributed by atoms with Crippen LogP contribution in [0, 0.1) is 28.6 Å². The van der Waals surface area contributed by atoms with Crippen molar-refractivity contribution in [2.45, 2.75) is 58.2 Å². The third-order valence-electron chi connectivity index (χ3n) is 7.16. The Hall–Kier alpha value is -0.420. The zero-order chi connectivity index (χ0) is 16.1. The molecule has 4 N–H and O–H groups in total. The summed E-state index contributed by atoms with van der Waals surface area (Å²) in [5.41, 5.74) is 0.797. The van der Waals surface area contributed by atoms with E-state index >= 15 is 0 Å². The number of rotatable bonds is 2. The van der Waals surface area contributed by atoms with Crippen LogP contribution in [0.15, 0.2) is 11.6 Å². The molecule has 7 atom stereocenters. The van der Waals surface area contributed by atoms with Crippen LogP contribution in [-0.4, -0.2) is 45.8 Å². The van der Waals surface area contributed by atoms with Crippen LogP contribution in [0.3, 0.4) is 0 Å². The highest BCUT2D eigenvalue weighted by molar-refractivity contribution is 5.28. The van der Waals surface area contributed by atoms with Crippen LogP contribution < -0.4 is 0 Å². The van der Waals surface area contributed by atoms with Gasteiger partial charge in [0, 0.05) is 17.9 Å². The molecule has 4 heteroatoms. The maximum Gasteiger partial charge on any atom is 0.0774 e. The number of aliphatic hydroxyl groups excluding tert-OH is 4. The maximum absolute atomic E-state index is 10.4. The van der Waals surface area contributed by atoms with Crippen LogP contribution in [0.2, 0.25) is 0 Å². The summed E-state index contributed by atoms with van der Waals surface area (Å²) in [6, 6.07) is 0. The molecular formula is C18H30O4. The molecule has 22 heavy (non-hydrogen) atoms. The third kappa shape index (κ3) is 2.19. The zero-order valence-electron chi connectivity index (χ0n) is 13.7. The van der Waals surface area contributed by atoms with Gasteiger partial charge in [0.1, 0.15) is 0 Å². The van der Waals surface area contributed by atoms with Crippen LogP contribution >= 0.6 is 0 Å². The Bertz CT molecular complexity index is 462. The highest BCUT2D eigenvalue weighted by Gasteiger charge is 2.57. The fourth-order valence-corrected chi connectivity index (χ4v) is 5.68. The average molecular weight is 310 g/mol. The molecule has 3 aliphatic rings. The van der Waals surface area contributed by atoms with Crippen molar-refractivity contribution < 1.29 is 20.4 Å². The van der Waals surface area contributed by atoms with Crippen molar-refractivity contribution in [1.82, 2.24) is 0 Å². The van der Waals surface area contributed by atoms with Gasteiger partial charge in [-0.25, -0.2) is 0 Å². The van der Waals surface area contributed by atoms with Gasteiger partial charge in [-0.15, -0.1) is 0 Å². The monoisotopic (exact) mass is 310 g/mol. The van der Waals surface area contributed by atoms with E-state index in [-0.39, 0.29) is 30.5 Å². The van der Waals surface area contributed by atoms with Gasteiger partial charge in [-0.1, -0.05) is 25.5 Å². The van der Waals surface area contributed by atoms with Crippen LogP contribution in [0.5, 0.6) is 0 Å². The molecule has 4 nitrogen and oxygen atoms in total. The summed E-state index contributed by atoms with van der Waals surface area (Å²) in [6.07, 6.45) is 5.45. The van der Waals surface area contributed by atoms with Gasteiger partial charge in [-0.3, -0.25) is 0 Å². The first kappa shape index (κ1) is 16.4. The Morgan fingerprint density at radius 1 is 1.14 bits per heavy atom. The first-order valence-electron chi connectivity index (χ1n) is 8.67. The van der Waals surface area contributed by atoms with E-state index in [9.17, 15) is 20.4 Å². The topological polar surface area (TPSA) is 80.9 Å². The van der Waals surface area contributed by atoms with Crippen molar-refractivity contribution in [3.63, 3.8) is 0 Å². The van der Waals surface area contributed by atoms with Gasteiger partial charge in [-0.05, 0) is 49.4 Å². The fraction of sp³-hybridized carbons (Fsp3) is 0.889. The second kappa shape index (κ2) is 5.59. The maximum atomic E-state index is 10.4. The van der Waals surface area contributed by atoms with Gasteiger partial charge in [0.2, 0.25) is 0 Å². The molecule has 2 saturated carbocycles. The van der Waals surface area contributed by atoms with E-state index in [0.717, 1.165) is 25.7 Å². The molecule has 0 bridgehead atoms. The SMILES string of the molecule is C[C@@]1(CO)[C@H](O)CC[C@]2(C)C3=C[C@H](O)[C@H](CO)C[C@@H]3CC[C@@H]12. The summed E-state index contributed by atoms with van der Waals surface area (Å²) in [6.45, 7) is 4.31. The molecule has 0 spiro atoms. The predicted molar refractivity (Wildman–Crippen MR) is 84.0 cm³/mol. The molecule has 0 radical (unpaired) electrons. The Morgan fingerprint density at radius 3 is 2.50 bits per heavy atom. The van der Waals surface area contributed by atoms with Gasteiger partial charge in [-0.2, -0.15) is 0 Å². The second-order valence-electron chi connectivity index (χ2n) is 8.25. The van der Waals surface area contributed by atoms with E-state index in [0.29, 0.717) is 12.3 Å². The predicted octanol–water partition coefficient (Wildman–Crippen LogP) is 1.47. The third-order valence-corrected chi connectivity index (χ3v) is 7.16. The van der Waals surface area contributed by atoms with E-state index in [2.05, 4.69) is 6.92 Å². The Morgan fingerprint density at radius 2 is 1.86 bits per heavy atom. The lowest BCUT2D eigenvalue weighted by Gasteiger charge is -2.60. The van der Waals surface area contributed by atoms with Gasteiger partial charge in [0.25, 0.3) is 0 Å². The van der Waals surface area contributed by atoms with Crippen molar-refractivity contribution >= 4 is 0 Å². The molecule has 0 unspecified atom stereocenters. The Balaban J connectivity index is 1.99. The average Bonchev–Trinajstić information content (AvgIpc) is 2.51. The molecule has 3 rings (SSSR count). The summed E-state index contributed by atoms with van der Waals surface area (Å²) in [7, 11) is 0. The molecule has 0 saturated heterocycles. The largest absolute Gasteiger partial charge is 0.396 e. The van der Waals surface area contributed by atoms with E-state index in [1.807, 2.05) is 13.0 Å². The summed E-state index contributed by atoms with van der Waals surface area (Å²) in [4.78, 5) is 0. The molecule has 3 aliphatic carbocycles. The summed E-state index contributed by atoms with van der Waals surface area (Å²) in [5, 5.41) is 40.2. The van der Waals surface area contributed by atoms with E-state index < -0.39 is 17.6 Å². The second-order valence-corrected chi connectivity index (χ2v) is 8.25. The molecule has 0 aliphatic heterocycles. The van der Waals surface area contributed by atoms with E-state index in [1.165, 1.54) is 5.57 Å². The highest BCUT2D eigenvalue weighted by Crippen LogP contribution is 2.62. The molecular weight excluding hydrogens is 280 g/mol. The van der Waals surface area contributed by atoms with Crippen molar-refractivity contribution in [1.29, 1.82) is 0 Å². The molecule has 0 aromatic carbocycles. The van der Waals surface area contributed by atoms with Crippen LogP contribution in [-0.2, 0) is 0 Å². The summed E-state index contributed by atoms with van der Waals surface area (Å²) >= 11 is 0. The quantitative estimate of drug-likeness (QED) is 0.582. The number of aliphatic hydroxyl groups is 4.